The number of hydrogen-bond donors (Lipinski definition) is 1. The molecule has 2 aromatic heterocycles. The average Bonchev–Trinajstić information content (AvgIpc) is 2.80. The summed E-state index contributed by atoms with van der Waals surface area (Å²) >= 11 is 3.43. The predicted molar refractivity (Wildman–Crippen MR) is 84.1 cm³/mol. The van der Waals surface area contributed by atoms with Crippen molar-refractivity contribution in [2.24, 2.45) is 0 Å². The van der Waals surface area contributed by atoms with Crippen LogP contribution < -0.4 is 5.56 Å². The minimum absolute atomic E-state index is 0.0472. The summed E-state index contributed by atoms with van der Waals surface area (Å²) in [5, 5.41) is 5.11. The number of rotatable bonds is 2. The van der Waals surface area contributed by atoms with Crippen molar-refractivity contribution < 1.29 is 4.79 Å². The topological polar surface area (TPSA) is 67.8 Å². The van der Waals surface area contributed by atoms with E-state index in [1.54, 1.807) is 4.68 Å². The first-order chi connectivity index (χ1) is 9.97. The highest BCUT2D eigenvalue weighted by Crippen LogP contribution is 2.24. The lowest BCUT2D eigenvalue weighted by Gasteiger charge is -2.09. The van der Waals surface area contributed by atoms with Crippen molar-refractivity contribution in [2.45, 2.75) is 13.8 Å². The number of pyridine rings is 1. The molecule has 0 saturated heterocycles. The molecule has 0 amide bonds. The van der Waals surface area contributed by atoms with Crippen LogP contribution in [0.5, 0.6) is 0 Å². The molecule has 0 spiro atoms. The SMILES string of the molecule is CC(=O)c1cnn(-c2cc(=O)[nH]c3ccc(Br)cc23)c1C. The lowest BCUT2D eigenvalue weighted by Crippen LogP contribution is -2.10. The van der Waals surface area contributed by atoms with E-state index >= 15 is 0 Å². The van der Waals surface area contributed by atoms with Gasteiger partial charge in [-0.25, -0.2) is 4.68 Å². The Balaban J connectivity index is 2.37. The molecule has 0 saturated carbocycles. The zero-order valence-corrected chi connectivity index (χ0v) is 13.1. The molecule has 3 aromatic rings. The fourth-order valence-electron chi connectivity index (χ4n) is 2.38. The van der Waals surface area contributed by atoms with Crippen LogP contribution in [0.25, 0.3) is 16.6 Å². The van der Waals surface area contributed by atoms with Gasteiger partial charge in [-0.15, -0.1) is 0 Å². The first kappa shape index (κ1) is 13.8. The highest BCUT2D eigenvalue weighted by Gasteiger charge is 2.14. The monoisotopic (exact) mass is 345 g/mol. The number of carbonyl (C=O) groups excluding carboxylic acids is 1. The van der Waals surface area contributed by atoms with Crippen molar-refractivity contribution >= 4 is 32.6 Å². The summed E-state index contributed by atoms with van der Waals surface area (Å²) in [6, 6.07) is 7.09. The molecule has 21 heavy (non-hydrogen) atoms. The summed E-state index contributed by atoms with van der Waals surface area (Å²) in [7, 11) is 0. The average molecular weight is 346 g/mol. The highest BCUT2D eigenvalue weighted by atomic mass is 79.9. The van der Waals surface area contributed by atoms with E-state index in [9.17, 15) is 9.59 Å². The second-order valence-electron chi connectivity index (χ2n) is 4.82. The van der Waals surface area contributed by atoms with Crippen LogP contribution in [0.15, 0.2) is 39.7 Å². The Bertz CT molecular complexity index is 924. The molecule has 0 fully saturated rings. The zero-order valence-electron chi connectivity index (χ0n) is 11.5. The Kier molecular flexibility index (Phi) is 3.25. The molecule has 0 atom stereocenters. The predicted octanol–water partition coefficient (Wildman–Crippen LogP) is 2.99. The van der Waals surface area contributed by atoms with Gasteiger partial charge >= 0.3 is 0 Å². The number of nitrogens with zero attached hydrogens (tertiary/aromatic N) is 2. The largest absolute Gasteiger partial charge is 0.322 e. The molecule has 0 aliphatic carbocycles. The fourth-order valence-corrected chi connectivity index (χ4v) is 2.74. The smallest absolute Gasteiger partial charge is 0.250 e. The third-order valence-electron chi connectivity index (χ3n) is 3.40. The molecule has 1 aromatic carbocycles. The first-order valence-electron chi connectivity index (χ1n) is 6.36. The van der Waals surface area contributed by atoms with Gasteiger partial charge in [-0.2, -0.15) is 5.10 Å². The van der Waals surface area contributed by atoms with E-state index < -0.39 is 0 Å². The van der Waals surface area contributed by atoms with Crippen LogP contribution in [-0.4, -0.2) is 20.5 Å². The van der Waals surface area contributed by atoms with Crippen LogP contribution in [0, 0.1) is 6.92 Å². The standard InChI is InChI=1S/C15H12BrN3O2/c1-8-12(9(2)20)7-17-19(8)14-6-15(21)18-13-4-3-10(16)5-11(13)14/h3-7H,1-2H3,(H,18,21). The lowest BCUT2D eigenvalue weighted by atomic mass is 10.1. The third kappa shape index (κ3) is 2.31. The maximum atomic E-state index is 11.8. The molecule has 5 nitrogen and oxygen atoms in total. The molecular formula is C15H12BrN3O2. The molecular weight excluding hydrogens is 334 g/mol. The molecule has 106 valence electrons. The Labute approximate surface area is 128 Å². The van der Waals surface area contributed by atoms with Crippen LogP contribution >= 0.6 is 15.9 Å². The summed E-state index contributed by atoms with van der Waals surface area (Å²) in [5.74, 6) is -0.0472. The van der Waals surface area contributed by atoms with Gasteiger partial charge in [-0.3, -0.25) is 9.59 Å². The van der Waals surface area contributed by atoms with Gasteiger partial charge in [0.1, 0.15) is 0 Å². The van der Waals surface area contributed by atoms with Gasteiger partial charge in [0.25, 0.3) is 5.56 Å². The molecule has 2 heterocycles. The van der Waals surface area contributed by atoms with Crippen LogP contribution in [0.4, 0.5) is 0 Å². The summed E-state index contributed by atoms with van der Waals surface area (Å²) < 4.78 is 2.53. The van der Waals surface area contributed by atoms with Crippen LogP contribution in [0.2, 0.25) is 0 Å². The molecule has 0 radical (unpaired) electrons. The maximum Gasteiger partial charge on any atom is 0.250 e. The van der Waals surface area contributed by atoms with E-state index in [2.05, 4.69) is 26.0 Å². The number of aromatic amines is 1. The Morgan fingerprint density at radius 3 is 2.76 bits per heavy atom. The van der Waals surface area contributed by atoms with Gasteiger partial charge in [0.2, 0.25) is 0 Å². The number of nitrogens with one attached hydrogen (secondary N) is 1. The molecule has 0 bridgehead atoms. The van der Waals surface area contributed by atoms with Gasteiger partial charge in [-0.05, 0) is 32.0 Å². The van der Waals surface area contributed by atoms with E-state index in [1.165, 1.54) is 19.2 Å². The summed E-state index contributed by atoms with van der Waals surface area (Å²) in [6.45, 7) is 3.32. The van der Waals surface area contributed by atoms with Crippen LogP contribution in [0.1, 0.15) is 23.0 Å². The normalized spacial score (nSPS) is 11.0. The van der Waals surface area contributed by atoms with E-state index in [0.29, 0.717) is 11.3 Å². The van der Waals surface area contributed by atoms with Crippen molar-refractivity contribution in [2.75, 3.05) is 0 Å². The number of H-pyrrole nitrogens is 1. The van der Waals surface area contributed by atoms with Gasteiger partial charge in [0.05, 0.1) is 28.7 Å². The summed E-state index contributed by atoms with van der Waals surface area (Å²) in [4.78, 5) is 26.2. The molecule has 1 N–H and O–H groups in total. The number of halogens is 1. The fraction of sp³-hybridized carbons (Fsp3) is 0.133. The van der Waals surface area contributed by atoms with Gasteiger partial charge in [0.15, 0.2) is 5.78 Å². The number of aromatic nitrogens is 3. The Hall–Kier alpha value is -2.21. The Morgan fingerprint density at radius 2 is 2.10 bits per heavy atom. The number of fused-ring (bicyclic) bond motifs is 1. The van der Waals surface area contributed by atoms with Crippen LogP contribution in [0.3, 0.4) is 0 Å². The molecule has 0 aliphatic rings. The summed E-state index contributed by atoms with van der Waals surface area (Å²) in [6.07, 6.45) is 1.53. The number of benzene rings is 1. The second-order valence-corrected chi connectivity index (χ2v) is 5.74. The van der Waals surface area contributed by atoms with E-state index in [0.717, 1.165) is 21.1 Å². The van der Waals surface area contributed by atoms with Gasteiger partial charge in [0, 0.05) is 15.9 Å². The van der Waals surface area contributed by atoms with Crippen LogP contribution in [-0.2, 0) is 0 Å². The summed E-state index contributed by atoms with van der Waals surface area (Å²) in [5.41, 5.74) is 2.44. The Morgan fingerprint density at radius 1 is 1.33 bits per heavy atom. The lowest BCUT2D eigenvalue weighted by molar-refractivity contribution is 0.101. The first-order valence-corrected chi connectivity index (χ1v) is 7.15. The molecule has 0 unspecified atom stereocenters. The number of carbonyl (C=O) groups is 1. The van der Waals surface area contributed by atoms with Gasteiger partial charge < -0.3 is 4.98 Å². The maximum absolute atomic E-state index is 11.8. The van der Waals surface area contributed by atoms with E-state index in [4.69, 9.17) is 0 Å². The number of ketones is 1. The molecule has 6 heteroatoms. The van der Waals surface area contributed by atoms with Crippen molar-refractivity contribution in [1.29, 1.82) is 0 Å². The number of Topliss-reactive ketones (excluding diaryl/α,β-unsaturated/α-hetero) is 1. The molecule has 0 aliphatic heterocycles. The van der Waals surface area contributed by atoms with E-state index in [-0.39, 0.29) is 11.3 Å². The van der Waals surface area contributed by atoms with E-state index in [1.807, 2.05) is 25.1 Å². The minimum atomic E-state index is -0.209. The third-order valence-corrected chi connectivity index (χ3v) is 3.89. The minimum Gasteiger partial charge on any atom is -0.322 e. The molecule has 3 rings (SSSR count). The second kappa shape index (κ2) is 4.96. The highest BCUT2D eigenvalue weighted by molar-refractivity contribution is 9.10. The van der Waals surface area contributed by atoms with Crippen molar-refractivity contribution in [3.63, 3.8) is 0 Å². The number of hydrogen-bond acceptors (Lipinski definition) is 3. The van der Waals surface area contributed by atoms with Gasteiger partial charge in [-0.1, -0.05) is 15.9 Å². The van der Waals surface area contributed by atoms with Crippen molar-refractivity contribution in [3.8, 4) is 5.69 Å². The van der Waals surface area contributed by atoms with Crippen molar-refractivity contribution in [1.82, 2.24) is 14.8 Å². The quantitative estimate of drug-likeness (QED) is 0.726. The van der Waals surface area contributed by atoms with Crippen molar-refractivity contribution in [3.05, 3.63) is 56.5 Å². The zero-order chi connectivity index (χ0) is 15.1.